The minimum absolute atomic E-state index is 0.0133. The number of alkyl halides is 3. The van der Waals surface area contributed by atoms with E-state index in [2.05, 4.69) is 10.1 Å². The largest absolute Gasteiger partial charge is 0.396 e. The van der Waals surface area contributed by atoms with Gasteiger partial charge in [-0.2, -0.15) is 18.2 Å². The SMILES string of the molecule is CC(c1nc(CC(F)(F)F)no1)C(O)c1ccccc1. The van der Waals surface area contributed by atoms with E-state index in [-0.39, 0.29) is 5.89 Å². The fourth-order valence-electron chi connectivity index (χ4n) is 1.78. The fourth-order valence-corrected chi connectivity index (χ4v) is 1.78. The molecule has 20 heavy (non-hydrogen) atoms. The second-order valence-electron chi connectivity index (χ2n) is 4.48. The average Bonchev–Trinajstić information content (AvgIpc) is 2.84. The van der Waals surface area contributed by atoms with Gasteiger partial charge in [-0.15, -0.1) is 0 Å². The zero-order valence-corrected chi connectivity index (χ0v) is 10.6. The minimum Gasteiger partial charge on any atom is -0.388 e. The van der Waals surface area contributed by atoms with Gasteiger partial charge in [0.2, 0.25) is 5.89 Å². The van der Waals surface area contributed by atoms with Crippen molar-refractivity contribution in [2.45, 2.75) is 31.5 Å². The van der Waals surface area contributed by atoms with Gasteiger partial charge in [-0.1, -0.05) is 42.4 Å². The zero-order chi connectivity index (χ0) is 14.8. The summed E-state index contributed by atoms with van der Waals surface area (Å²) in [7, 11) is 0. The standard InChI is InChI=1S/C13H13F3N2O2/c1-8(11(19)9-5-3-2-4-6-9)12-17-10(18-20-12)7-13(14,15)16/h2-6,8,11,19H,7H2,1H3. The van der Waals surface area contributed by atoms with Crippen LogP contribution in [0.5, 0.6) is 0 Å². The van der Waals surface area contributed by atoms with Crippen LogP contribution >= 0.6 is 0 Å². The molecule has 2 rings (SSSR count). The molecular weight excluding hydrogens is 273 g/mol. The number of benzene rings is 1. The maximum Gasteiger partial charge on any atom is 0.396 e. The predicted molar refractivity (Wildman–Crippen MR) is 63.9 cm³/mol. The summed E-state index contributed by atoms with van der Waals surface area (Å²) in [6, 6.07) is 8.75. The average molecular weight is 286 g/mol. The Morgan fingerprint density at radius 3 is 2.50 bits per heavy atom. The predicted octanol–water partition coefficient (Wildman–Crippen LogP) is 3.01. The van der Waals surface area contributed by atoms with Crippen molar-refractivity contribution in [1.29, 1.82) is 0 Å². The van der Waals surface area contributed by atoms with Gasteiger partial charge < -0.3 is 9.63 Å². The highest BCUT2D eigenvalue weighted by Gasteiger charge is 2.32. The molecule has 0 bridgehead atoms. The lowest BCUT2D eigenvalue weighted by Crippen LogP contribution is -2.13. The summed E-state index contributed by atoms with van der Waals surface area (Å²) in [4.78, 5) is 3.68. The summed E-state index contributed by atoms with van der Waals surface area (Å²) in [5.74, 6) is -1.04. The molecule has 1 heterocycles. The summed E-state index contributed by atoms with van der Waals surface area (Å²) >= 11 is 0. The van der Waals surface area contributed by atoms with Crippen molar-refractivity contribution in [1.82, 2.24) is 10.1 Å². The maximum atomic E-state index is 12.2. The molecule has 0 amide bonds. The lowest BCUT2D eigenvalue weighted by molar-refractivity contribution is -0.128. The van der Waals surface area contributed by atoms with Gasteiger partial charge in [-0.05, 0) is 5.56 Å². The van der Waals surface area contributed by atoms with Gasteiger partial charge in [0.05, 0.1) is 12.0 Å². The van der Waals surface area contributed by atoms with Crippen molar-refractivity contribution in [2.75, 3.05) is 0 Å². The van der Waals surface area contributed by atoms with E-state index in [1.54, 1.807) is 37.3 Å². The Morgan fingerprint density at radius 1 is 1.25 bits per heavy atom. The first-order valence-electron chi connectivity index (χ1n) is 5.99. The van der Waals surface area contributed by atoms with Gasteiger partial charge in [0.1, 0.15) is 6.42 Å². The third-order valence-electron chi connectivity index (χ3n) is 2.85. The molecule has 0 aliphatic heterocycles. The molecule has 0 radical (unpaired) electrons. The number of hydrogen-bond acceptors (Lipinski definition) is 4. The Kier molecular flexibility index (Phi) is 4.08. The van der Waals surface area contributed by atoms with Crippen molar-refractivity contribution < 1.29 is 22.8 Å². The van der Waals surface area contributed by atoms with Crippen LogP contribution in [-0.4, -0.2) is 21.4 Å². The first-order valence-corrected chi connectivity index (χ1v) is 5.99. The molecule has 2 atom stereocenters. The van der Waals surface area contributed by atoms with E-state index in [0.29, 0.717) is 5.56 Å². The van der Waals surface area contributed by atoms with Crippen molar-refractivity contribution >= 4 is 0 Å². The molecule has 2 aromatic rings. The maximum absolute atomic E-state index is 12.2. The highest BCUT2D eigenvalue weighted by molar-refractivity contribution is 5.20. The number of aromatic nitrogens is 2. The van der Waals surface area contributed by atoms with E-state index in [0.717, 1.165) is 0 Å². The van der Waals surface area contributed by atoms with Crippen molar-refractivity contribution in [3.63, 3.8) is 0 Å². The Morgan fingerprint density at radius 2 is 1.90 bits per heavy atom. The second-order valence-corrected chi connectivity index (χ2v) is 4.48. The number of hydrogen-bond donors (Lipinski definition) is 1. The van der Waals surface area contributed by atoms with Crippen LogP contribution in [0.25, 0.3) is 0 Å². The molecule has 0 aliphatic rings. The highest BCUT2D eigenvalue weighted by Crippen LogP contribution is 2.30. The van der Waals surface area contributed by atoms with Gasteiger partial charge in [0.15, 0.2) is 5.82 Å². The Hall–Kier alpha value is -1.89. The molecule has 7 heteroatoms. The molecule has 1 aromatic heterocycles. The van der Waals surface area contributed by atoms with Crippen molar-refractivity contribution in [3.05, 3.63) is 47.6 Å². The quantitative estimate of drug-likeness (QED) is 0.938. The summed E-state index contributed by atoms with van der Waals surface area (Å²) in [5.41, 5.74) is 0.635. The van der Waals surface area contributed by atoms with Crippen LogP contribution in [0.1, 0.15) is 36.2 Å². The lowest BCUT2D eigenvalue weighted by atomic mass is 9.97. The number of halogens is 3. The molecule has 0 saturated heterocycles. The van der Waals surface area contributed by atoms with Crippen LogP contribution in [0.3, 0.4) is 0 Å². The van der Waals surface area contributed by atoms with Gasteiger partial charge >= 0.3 is 6.18 Å². The second kappa shape index (κ2) is 5.62. The van der Waals surface area contributed by atoms with Crippen LogP contribution in [0.15, 0.2) is 34.9 Å². The van der Waals surface area contributed by atoms with E-state index in [1.165, 1.54) is 0 Å². The van der Waals surface area contributed by atoms with E-state index >= 15 is 0 Å². The van der Waals surface area contributed by atoms with Crippen LogP contribution < -0.4 is 0 Å². The van der Waals surface area contributed by atoms with Crippen LogP contribution in [0, 0.1) is 0 Å². The number of aliphatic hydroxyl groups is 1. The summed E-state index contributed by atoms with van der Waals surface area (Å²) in [6.07, 6.45) is -6.55. The molecule has 4 nitrogen and oxygen atoms in total. The molecule has 108 valence electrons. The first-order chi connectivity index (χ1) is 9.37. The highest BCUT2D eigenvalue weighted by atomic mass is 19.4. The molecular formula is C13H13F3N2O2. The molecule has 0 fully saturated rings. The Bertz CT molecular complexity index is 554. The van der Waals surface area contributed by atoms with Gasteiger partial charge in [0, 0.05) is 0 Å². The zero-order valence-electron chi connectivity index (χ0n) is 10.6. The van der Waals surface area contributed by atoms with Crippen molar-refractivity contribution in [2.24, 2.45) is 0 Å². The number of aliphatic hydroxyl groups excluding tert-OH is 1. The Balaban J connectivity index is 2.12. The van der Waals surface area contributed by atoms with E-state index in [1.807, 2.05) is 0 Å². The Labute approximate surface area is 113 Å². The number of nitrogens with zero attached hydrogens (tertiary/aromatic N) is 2. The normalized spacial score (nSPS) is 15.1. The molecule has 2 unspecified atom stereocenters. The monoisotopic (exact) mass is 286 g/mol. The van der Waals surface area contributed by atoms with Gasteiger partial charge in [-0.25, -0.2) is 0 Å². The van der Waals surface area contributed by atoms with Crippen LogP contribution in [0.4, 0.5) is 13.2 Å². The molecule has 0 saturated carbocycles. The fraction of sp³-hybridized carbons (Fsp3) is 0.385. The summed E-state index contributed by atoms with van der Waals surface area (Å²) in [6.45, 7) is 1.61. The summed E-state index contributed by atoms with van der Waals surface area (Å²) < 4.78 is 41.4. The van der Waals surface area contributed by atoms with E-state index < -0.39 is 30.4 Å². The third kappa shape index (κ3) is 3.57. The van der Waals surface area contributed by atoms with Crippen LogP contribution in [0.2, 0.25) is 0 Å². The molecule has 1 N–H and O–H groups in total. The van der Waals surface area contributed by atoms with E-state index in [4.69, 9.17) is 4.52 Å². The molecule has 0 spiro atoms. The smallest absolute Gasteiger partial charge is 0.388 e. The lowest BCUT2D eigenvalue weighted by Gasteiger charge is -2.15. The third-order valence-corrected chi connectivity index (χ3v) is 2.85. The molecule has 0 aliphatic carbocycles. The minimum atomic E-state index is -4.39. The first kappa shape index (κ1) is 14.5. The van der Waals surface area contributed by atoms with Gasteiger partial charge in [-0.3, -0.25) is 0 Å². The van der Waals surface area contributed by atoms with Crippen LogP contribution in [-0.2, 0) is 6.42 Å². The van der Waals surface area contributed by atoms with E-state index in [9.17, 15) is 18.3 Å². The van der Waals surface area contributed by atoms with Gasteiger partial charge in [0.25, 0.3) is 0 Å². The molecule has 1 aromatic carbocycles. The number of rotatable bonds is 4. The van der Waals surface area contributed by atoms with Crippen molar-refractivity contribution in [3.8, 4) is 0 Å². The topological polar surface area (TPSA) is 59.2 Å². The summed E-state index contributed by atoms with van der Waals surface area (Å²) in [5, 5.41) is 13.4.